The van der Waals surface area contributed by atoms with Gasteiger partial charge in [-0.05, 0) is 12.8 Å². The Hall–Kier alpha value is -2.46. The minimum absolute atomic E-state index is 0.0971. The van der Waals surface area contributed by atoms with Crippen LogP contribution in [0.15, 0.2) is 12.7 Å². The fourth-order valence-corrected chi connectivity index (χ4v) is 4.16. The molecule has 10 nitrogen and oxygen atoms in total. The number of esters is 4. The van der Waals surface area contributed by atoms with Gasteiger partial charge in [-0.1, -0.05) is 6.58 Å². The third-order valence-corrected chi connectivity index (χ3v) is 5.38. The fraction of sp³-hybridized carbons (Fsp3) is 0.667. The highest BCUT2D eigenvalue weighted by Gasteiger charge is 2.72. The minimum atomic E-state index is -0.970. The molecule has 7 unspecified atom stereocenters. The average molecular weight is 396 g/mol. The van der Waals surface area contributed by atoms with Gasteiger partial charge in [-0.15, -0.1) is 0 Å². The quantitative estimate of drug-likeness (QED) is 0.310. The molecule has 7 atom stereocenters. The molecule has 0 N–H and O–H groups in total. The zero-order chi connectivity index (χ0) is 19.8. The first-order valence-corrected chi connectivity index (χ1v) is 9.12. The smallest absolute Gasteiger partial charge is 0.344 e. The van der Waals surface area contributed by atoms with Crippen LogP contribution in [-0.4, -0.2) is 74.2 Å². The minimum Gasteiger partial charge on any atom is -0.463 e. The molecule has 0 aliphatic carbocycles. The maximum Gasteiger partial charge on any atom is 0.344 e. The Morgan fingerprint density at radius 3 is 2.71 bits per heavy atom. The van der Waals surface area contributed by atoms with Crippen LogP contribution in [0.1, 0.15) is 12.8 Å². The van der Waals surface area contributed by atoms with Crippen molar-refractivity contribution in [3.8, 4) is 0 Å². The first-order valence-electron chi connectivity index (χ1n) is 9.12. The summed E-state index contributed by atoms with van der Waals surface area (Å²) in [6.45, 7) is 3.32. The number of carbonyl (C=O) groups is 4. The van der Waals surface area contributed by atoms with E-state index in [2.05, 4.69) is 11.3 Å². The van der Waals surface area contributed by atoms with Gasteiger partial charge in [-0.2, -0.15) is 0 Å². The molecule has 28 heavy (non-hydrogen) atoms. The van der Waals surface area contributed by atoms with Crippen LogP contribution in [0.2, 0.25) is 0 Å². The van der Waals surface area contributed by atoms with E-state index in [1.54, 1.807) is 0 Å². The second-order valence-electron chi connectivity index (χ2n) is 7.05. The maximum atomic E-state index is 12.6. The predicted molar refractivity (Wildman–Crippen MR) is 86.5 cm³/mol. The maximum absolute atomic E-state index is 12.6. The lowest BCUT2D eigenvalue weighted by atomic mass is 9.78. The molecule has 0 aromatic carbocycles. The van der Waals surface area contributed by atoms with Gasteiger partial charge < -0.3 is 28.4 Å². The molecule has 152 valence electrons. The van der Waals surface area contributed by atoms with E-state index in [1.165, 1.54) is 0 Å². The molecular weight excluding hydrogens is 376 g/mol. The largest absolute Gasteiger partial charge is 0.463 e. The van der Waals surface area contributed by atoms with Crippen molar-refractivity contribution >= 4 is 23.9 Å². The normalized spacial score (nSPS) is 37.4. The van der Waals surface area contributed by atoms with Crippen LogP contribution in [0.5, 0.6) is 0 Å². The number of carbonyl (C=O) groups excluding carboxylic acids is 4. The third-order valence-electron chi connectivity index (χ3n) is 5.38. The van der Waals surface area contributed by atoms with E-state index in [0.717, 1.165) is 18.9 Å². The number of ether oxygens (including phenoxy) is 6. The van der Waals surface area contributed by atoms with Crippen molar-refractivity contribution in [2.75, 3.05) is 19.8 Å². The summed E-state index contributed by atoms with van der Waals surface area (Å²) in [7, 11) is 0. The zero-order valence-electron chi connectivity index (χ0n) is 14.9. The SMILES string of the molecule is C=CC(=O)OCC(=O)OC1C2OC(=O)C3C2OC1C3C(=O)OCC1CCCO1. The van der Waals surface area contributed by atoms with Crippen molar-refractivity contribution in [2.24, 2.45) is 11.8 Å². The van der Waals surface area contributed by atoms with Gasteiger partial charge in [0, 0.05) is 12.7 Å². The predicted octanol–water partition coefficient (Wildman–Crippen LogP) is -0.712. The highest BCUT2D eigenvalue weighted by atomic mass is 16.7. The van der Waals surface area contributed by atoms with Gasteiger partial charge in [-0.3, -0.25) is 9.59 Å². The van der Waals surface area contributed by atoms with E-state index in [0.29, 0.717) is 6.61 Å². The first kappa shape index (κ1) is 18.9. The van der Waals surface area contributed by atoms with E-state index in [-0.39, 0.29) is 12.7 Å². The van der Waals surface area contributed by atoms with Gasteiger partial charge in [-0.25, -0.2) is 9.59 Å². The van der Waals surface area contributed by atoms with Crippen LogP contribution in [0.3, 0.4) is 0 Å². The summed E-state index contributed by atoms with van der Waals surface area (Å²) in [5.41, 5.74) is 0. The summed E-state index contributed by atoms with van der Waals surface area (Å²) in [6.07, 6.45) is -0.819. The molecule has 4 fully saturated rings. The fourth-order valence-electron chi connectivity index (χ4n) is 4.16. The molecule has 4 heterocycles. The van der Waals surface area contributed by atoms with E-state index in [1.807, 2.05) is 0 Å². The zero-order valence-corrected chi connectivity index (χ0v) is 14.9. The summed E-state index contributed by atoms with van der Waals surface area (Å²) in [6, 6.07) is 0. The molecule has 0 aromatic heterocycles. The van der Waals surface area contributed by atoms with Gasteiger partial charge in [0.2, 0.25) is 0 Å². The average Bonchev–Trinajstić information content (AvgIpc) is 3.43. The van der Waals surface area contributed by atoms with Crippen LogP contribution in [0, 0.1) is 11.8 Å². The van der Waals surface area contributed by atoms with Gasteiger partial charge in [0.1, 0.15) is 30.7 Å². The second kappa shape index (κ2) is 7.51. The van der Waals surface area contributed by atoms with Crippen molar-refractivity contribution in [2.45, 2.75) is 43.4 Å². The summed E-state index contributed by atoms with van der Waals surface area (Å²) < 4.78 is 31.7. The van der Waals surface area contributed by atoms with Crippen LogP contribution in [-0.2, 0) is 47.6 Å². The van der Waals surface area contributed by atoms with E-state index >= 15 is 0 Å². The molecule has 0 amide bonds. The van der Waals surface area contributed by atoms with Gasteiger partial charge >= 0.3 is 23.9 Å². The molecule has 0 aromatic rings. The van der Waals surface area contributed by atoms with Crippen molar-refractivity contribution in [1.29, 1.82) is 0 Å². The molecule has 10 heteroatoms. The third kappa shape index (κ3) is 3.26. The van der Waals surface area contributed by atoms with E-state index in [4.69, 9.17) is 23.7 Å². The number of hydrogen-bond donors (Lipinski definition) is 0. The van der Waals surface area contributed by atoms with Crippen LogP contribution < -0.4 is 0 Å². The van der Waals surface area contributed by atoms with Crippen LogP contribution in [0.25, 0.3) is 0 Å². The Kier molecular flexibility index (Phi) is 5.07. The molecule has 4 aliphatic heterocycles. The summed E-state index contributed by atoms with van der Waals surface area (Å²) in [5, 5.41) is 0. The molecular formula is C18H20O10. The molecule has 4 rings (SSSR count). The molecule has 2 bridgehead atoms. The summed E-state index contributed by atoms with van der Waals surface area (Å²) in [4.78, 5) is 47.8. The molecule has 0 radical (unpaired) electrons. The Morgan fingerprint density at radius 2 is 2.00 bits per heavy atom. The van der Waals surface area contributed by atoms with Crippen molar-refractivity contribution < 1.29 is 47.6 Å². The van der Waals surface area contributed by atoms with Crippen molar-refractivity contribution in [1.82, 2.24) is 0 Å². The van der Waals surface area contributed by atoms with Crippen molar-refractivity contribution in [3.05, 3.63) is 12.7 Å². The Bertz CT molecular complexity index is 696. The monoisotopic (exact) mass is 396 g/mol. The van der Waals surface area contributed by atoms with E-state index < -0.39 is 66.7 Å². The standard InChI is InChI=1S/C18H20O10/c1-2-9(19)24-7-10(20)26-15-13-11(12-14(27-13)16(15)28-18(12)22)17(21)25-6-8-4-3-5-23-8/h2,8,11-16H,1,3-7H2. The number of hydrogen-bond acceptors (Lipinski definition) is 10. The lowest BCUT2D eigenvalue weighted by molar-refractivity contribution is -0.170. The Morgan fingerprint density at radius 1 is 1.18 bits per heavy atom. The van der Waals surface area contributed by atoms with Gasteiger partial charge in [0.15, 0.2) is 18.8 Å². The highest BCUT2D eigenvalue weighted by molar-refractivity contribution is 5.87. The lowest BCUT2D eigenvalue weighted by Gasteiger charge is -2.27. The molecule has 4 aliphatic rings. The van der Waals surface area contributed by atoms with Gasteiger partial charge in [0.05, 0.1) is 6.10 Å². The Labute approximate surface area is 160 Å². The molecule has 0 saturated carbocycles. The highest BCUT2D eigenvalue weighted by Crippen LogP contribution is 2.51. The Balaban J connectivity index is 1.40. The van der Waals surface area contributed by atoms with Crippen LogP contribution in [0.4, 0.5) is 0 Å². The molecule has 4 saturated heterocycles. The summed E-state index contributed by atoms with van der Waals surface area (Å²) >= 11 is 0. The number of fused-ring (bicyclic) bond motifs is 1. The lowest BCUT2D eigenvalue weighted by Crippen LogP contribution is -2.48. The number of rotatable bonds is 7. The van der Waals surface area contributed by atoms with Crippen LogP contribution >= 0.6 is 0 Å². The summed E-state index contributed by atoms with van der Waals surface area (Å²) in [5.74, 6) is -4.50. The topological polar surface area (TPSA) is 124 Å². The first-order chi connectivity index (χ1) is 13.5. The van der Waals surface area contributed by atoms with Crippen molar-refractivity contribution in [3.63, 3.8) is 0 Å². The van der Waals surface area contributed by atoms with Gasteiger partial charge in [0.25, 0.3) is 0 Å². The molecule has 0 spiro atoms. The second-order valence-corrected chi connectivity index (χ2v) is 7.05. The van der Waals surface area contributed by atoms with E-state index in [9.17, 15) is 19.2 Å².